The van der Waals surface area contributed by atoms with E-state index in [4.69, 9.17) is 0 Å². The molecule has 23 heavy (non-hydrogen) atoms. The number of nitrogens with zero attached hydrogens (tertiary/aromatic N) is 4. The first-order valence-corrected chi connectivity index (χ1v) is 8.91. The van der Waals surface area contributed by atoms with E-state index < -0.39 is 0 Å². The Balaban J connectivity index is 1.64. The number of carbonyl (C=O) groups is 1. The number of rotatable bonds is 4. The van der Waals surface area contributed by atoms with Crippen LogP contribution in [0.2, 0.25) is 0 Å². The van der Waals surface area contributed by atoms with Crippen molar-refractivity contribution in [3.05, 3.63) is 40.1 Å². The molecule has 0 radical (unpaired) electrons. The summed E-state index contributed by atoms with van der Waals surface area (Å²) >= 11 is 1.56. The minimum Gasteiger partial charge on any atom is -0.368 e. The largest absolute Gasteiger partial charge is 0.368 e. The van der Waals surface area contributed by atoms with Crippen LogP contribution in [-0.2, 0) is 6.42 Å². The minimum absolute atomic E-state index is 0.136. The molecule has 1 fully saturated rings. The lowest BCUT2D eigenvalue weighted by molar-refractivity contribution is 0.0750. The summed E-state index contributed by atoms with van der Waals surface area (Å²) in [5, 5.41) is 1.07. The monoisotopic (exact) mass is 330 g/mol. The number of anilines is 1. The van der Waals surface area contributed by atoms with Crippen LogP contribution in [0.15, 0.2) is 24.5 Å². The molecule has 6 heteroatoms. The van der Waals surface area contributed by atoms with Crippen LogP contribution in [0.4, 0.5) is 5.69 Å². The Hall–Kier alpha value is -1.95. The quantitative estimate of drug-likeness (QED) is 0.865. The Labute approximate surface area is 141 Å². The molecule has 3 heterocycles. The van der Waals surface area contributed by atoms with Crippen molar-refractivity contribution < 1.29 is 4.79 Å². The van der Waals surface area contributed by atoms with E-state index in [1.54, 1.807) is 11.3 Å². The zero-order chi connectivity index (χ0) is 16.2. The van der Waals surface area contributed by atoms with E-state index in [-0.39, 0.29) is 5.91 Å². The number of amides is 1. The molecule has 0 N–H and O–H groups in total. The first kappa shape index (κ1) is 15.9. The Morgan fingerprint density at radius 3 is 2.57 bits per heavy atom. The summed E-state index contributed by atoms with van der Waals surface area (Å²) in [6.45, 7) is 7.29. The second-order valence-electron chi connectivity index (χ2n) is 5.76. The lowest BCUT2D eigenvalue weighted by Gasteiger charge is -2.35. The standard InChI is InChI=1S/C17H22N4OS/c1-3-4-15-19-13(2)16(23-15)17(22)21-11-9-20(10-12-21)14-5-7-18-8-6-14/h5-8H,3-4,9-12H2,1-2H3. The molecule has 1 saturated heterocycles. The smallest absolute Gasteiger partial charge is 0.265 e. The Morgan fingerprint density at radius 2 is 1.91 bits per heavy atom. The number of hydrogen-bond acceptors (Lipinski definition) is 5. The van der Waals surface area contributed by atoms with Gasteiger partial charge in [0, 0.05) is 44.3 Å². The van der Waals surface area contributed by atoms with Crippen LogP contribution in [-0.4, -0.2) is 47.0 Å². The summed E-state index contributed by atoms with van der Waals surface area (Å²) in [5.41, 5.74) is 2.05. The van der Waals surface area contributed by atoms with Crippen LogP contribution < -0.4 is 4.90 Å². The van der Waals surface area contributed by atoms with Crippen molar-refractivity contribution in [3.8, 4) is 0 Å². The number of aromatic nitrogens is 2. The molecule has 1 aliphatic rings. The van der Waals surface area contributed by atoms with Gasteiger partial charge in [0.2, 0.25) is 0 Å². The van der Waals surface area contributed by atoms with Gasteiger partial charge in [0.15, 0.2) is 0 Å². The lowest BCUT2D eigenvalue weighted by atomic mass is 10.2. The maximum Gasteiger partial charge on any atom is 0.265 e. The predicted octanol–water partition coefficient (Wildman–Crippen LogP) is 2.76. The van der Waals surface area contributed by atoms with Gasteiger partial charge in [-0.05, 0) is 31.9 Å². The van der Waals surface area contributed by atoms with Gasteiger partial charge in [-0.25, -0.2) is 4.98 Å². The molecule has 0 atom stereocenters. The molecule has 0 aliphatic carbocycles. The van der Waals surface area contributed by atoms with Crippen molar-refractivity contribution >= 4 is 22.9 Å². The van der Waals surface area contributed by atoms with E-state index in [2.05, 4.69) is 21.8 Å². The summed E-state index contributed by atoms with van der Waals surface area (Å²) in [7, 11) is 0. The first-order chi connectivity index (χ1) is 11.2. The summed E-state index contributed by atoms with van der Waals surface area (Å²) in [5.74, 6) is 0.136. The highest BCUT2D eigenvalue weighted by molar-refractivity contribution is 7.13. The average molecular weight is 330 g/mol. The highest BCUT2D eigenvalue weighted by Gasteiger charge is 2.25. The van der Waals surface area contributed by atoms with E-state index in [0.717, 1.165) is 54.6 Å². The molecule has 1 aliphatic heterocycles. The van der Waals surface area contributed by atoms with Gasteiger partial charge < -0.3 is 9.80 Å². The van der Waals surface area contributed by atoms with Crippen LogP contribution in [0.25, 0.3) is 0 Å². The van der Waals surface area contributed by atoms with Gasteiger partial charge in [-0.2, -0.15) is 0 Å². The van der Waals surface area contributed by atoms with Gasteiger partial charge in [-0.1, -0.05) is 6.92 Å². The summed E-state index contributed by atoms with van der Waals surface area (Å²) in [6.07, 6.45) is 5.63. The normalized spacial score (nSPS) is 15.0. The zero-order valence-electron chi connectivity index (χ0n) is 13.7. The van der Waals surface area contributed by atoms with Crippen LogP contribution in [0.3, 0.4) is 0 Å². The van der Waals surface area contributed by atoms with E-state index in [1.807, 2.05) is 36.4 Å². The van der Waals surface area contributed by atoms with Crippen molar-refractivity contribution in [1.82, 2.24) is 14.9 Å². The van der Waals surface area contributed by atoms with Crippen molar-refractivity contribution in [2.75, 3.05) is 31.1 Å². The molecule has 3 rings (SSSR count). The van der Waals surface area contributed by atoms with Gasteiger partial charge in [0.25, 0.3) is 5.91 Å². The fraction of sp³-hybridized carbons (Fsp3) is 0.471. The van der Waals surface area contributed by atoms with Gasteiger partial charge in [0.05, 0.1) is 10.7 Å². The van der Waals surface area contributed by atoms with E-state index >= 15 is 0 Å². The Morgan fingerprint density at radius 1 is 1.22 bits per heavy atom. The summed E-state index contributed by atoms with van der Waals surface area (Å²) < 4.78 is 0. The number of aryl methyl sites for hydroxylation is 2. The topological polar surface area (TPSA) is 49.3 Å². The summed E-state index contributed by atoms with van der Waals surface area (Å²) in [4.78, 5) is 26.4. The molecule has 0 bridgehead atoms. The van der Waals surface area contributed by atoms with E-state index in [1.165, 1.54) is 5.69 Å². The Kier molecular flexibility index (Phi) is 4.91. The number of hydrogen-bond donors (Lipinski definition) is 0. The third-order valence-corrected chi connectivity index (χ3v) is 5.30. The molecular formula is C17H22N4OS. The van der Waals surface area contributed by atoms with Gasteiger partial charge in [-0.3, -0.25) is 9.78 Å². The minimum atomic E-state index is 0.136. The molecular weight excluding hydrogens is 308 g/mol. The molecule has 2 aromatic rings. The van der Waals surface area contributed by atoms with Crippen molar-refractivity contribution in [1.29, 1.82) is 0 Å². The summed E-state index contributed by atoms with van der Waals surface area (Å²) in [6, 6.07) is 4.03. The Bertz CT molecular complexity index is 662. The van der Waals surface area contributed by atoms with E-state index in [0.29, 0.717) is 0 Å². The van der Waals surface area contributed by atoms with Crippen LogP contribution in [0.5, 0.6) is 0 Å². The number of piperazine rings is 1. The van der Waals surface area contributed by atoms with Gasteiger partial charge >= 0.3 is 0 Å². The molecule has 2 aromatic heterocycles. The maximum absolute atomic E-state index is 12.7. The second-order valence-corrected chi connectivity index (χ2v) is 6.84. The number of pyridine rings is 1. The van der Waals surface area contributed by atoms with Gasteiger partial charge in [-0.15, -0.1) is 11.3 Å². The average Bonchev–Trinajstić information content (AvgIpc) is 2.96. The highest BCUT2D eigenvalue weighted by Crippen LogP contribution is 2.22. The second kappa shape index (κ2) is 7.08. The third-order valence-electron chi connectivity index (χ3n) is 4.09. The zero-order valence-corrected chi connectivity index (χ0v) is 14.5. The third kappa shape index (κ3) is 3.52. The van der Waals surface area contributed by atoms with Crippen molar-refractivity contribution in [2.45, 2.75) is 26.7 Å². The number of thiazole rings is 1. The van der Waals surface area contributed by atoms with Crippen LogP contribution in [0, 0.1) is 6.92 Å². The highest BCUT2D eigenvalue weighted by atomic mass is 32.1. The fourth-order valence-corrected chi connectivity index (χ4v) is 3.97. The van der Waals surface area contributed by atoms with Crippen molar-refractivity contribution in [3.63, 3.8) is 0 Å². The molecule has 0 unspecified atom stereocenters. The molecule has 122 valence electrons. The predicted molar refractivity (Wildman–Crippen MR) is 93.2 cm³/mol. The first-order valence-electron chi connectivity index (χ1n) is 8.09. The van der Waals surface area contributed by atoms with Crippen molar-refractivity contribution in [2.24, 2.45) is 0 Å². The van der Waals surface area contributed by atoms with Crippen LogP contribution in [0.1, 0.15) is 33.7 Å². The molecule has 0 saturated carbocycles. The lowest BCUT2D eigenvalue weighted by Crippen LogP contribution is -2.48. The number of carbonyl (C=O) groups excluding carboxylic acids is 1. The maximum atomic E-state index is 12.7. The van der Waals surface area contributed by atoms with E-state index in [9.17, 15) is 4.79 Å². The fourth-order valence-electron chi connectivity index (χ4n) is 2.84. The molecule has 0 aromatic carbocycles. The van der Waals surface area contributed by atoms with Gasteiger partial charge in [0.1, 0.15) is 4.88 Å². The van der Waals surface area contributed by atoms with Crippen LogP contribution >= 0.6 is 11.3 Å². The molecule has 5 nitrogen and oxygen atoms in total. The SMILES string of the molecule is CCCc1nc(C)c(C(=O)N2CCN(c3ccncc3)CC2)s1. The molecule has 1 amide bonds. The molecule has 0 spiro atoms.